The SMILES string of the molecule is COc1ccc(C(N)C(C)S(=O)(=O)c2cccs2)cc1. The van der Waals surface area contributed by atoms with Crippen molar-refractivity contribution >= 4 is 21.2 Å². The van der Waals surface area contributed by atoms with E-state index in [9.17, 15) is 8.42 Å². The second-order valence-corrected chi connectivity index (χ2v) is 7.96. The molecule has 108 valence electrons. The molecule has 1 aromatic carbocycles. The van der Waals surface area contributed by atoms with Crippen molar-refractivity contribution in [2.45, 2.75) is 22.4 Å². The molecule has 4 nitrogen and oxygen atoms in total. The number of ether oxygens (including phenoxy) is 1. The largest absolute Gasteiger partial charge is 0.497 e. The van der Waals surface area contributed by atoms with Gasteiger partial charge >= 0.3 is 0 Å². The zero-order valence-corrected chi connectivity index (χ0v) is 12.9. The summed E-state index contributed by atoms with van der Waals surface area (Å²) in [5.74, 6) is 0.717. The van der Waals surface area contributed by atoms with Gasteiger partial charge in [0, 0.05) is 6.04 Å². The molecule has 0 bridgehead atoms. The summed E-state index contributed by atoms with van der Waals surface area (Å²) < 4.78 is 30.3. The van der Waals surface area contributed by atoms with Crippen LogP contribution in [0, 0.1) is 0 Å². The first-order valence-corrected chi connectivity index (χ1v) is 8.56. The summed E-state index contributed by atoms with van der Waals surface area (Å²) in [6.45, 7) is 1.64. The van der Waals surface area contributed by atoms with Crippen molar-refractivity contribution in [1.82, 2.24) is 0 Å². The first-order chi connectivity index (χ1) is 9.46. The van der Waals surface area contributed by atoms with Gasteiger partial charge in [-0.3, -0.25) is 0 Å². The Kier molecular flexibility index (Phi) is 4.47. The van der Waals surface area contributed by atoms with Crippen molar-refractivity contribution in [3.63, 3.8) is 0 Å². The maximum absolute atomic E-state index is 12.4. The Bertz CT molecular complexity index is 648. The Morgan fingerprint density at radius 3 is 2.35 bits per heavy atom. The van der Waals surface area contributed by atoms with Crippen molar-refractivity contribution < 1.29 is 13.2 Å². The Balaban J connectivity index is 2.26. The summed E-state index contributed by atoms with van der Waals surface area (Å²) in [6, 6.07) is 9.90. The number of rotatable bonds is 5. The fourth-order valence-corrected chi connectivity index (χ4v) is 4.68. The van der Waals surface area contributed by atoms with Gasteiger partial charge in [0.2, 0.25) is 0 Å². The molecule has 0 aliphatic rings. The topological polar surface area (TPSA) is 69.4 Å². The van der Waals surface area contributed by atoms with Crippen LogP contribution in [0.15, 0.2) is 46.0 Å². The van der Waals surface area contributed by atoms with Crippen LogP contribution < -0.4 is 10.5 Å². The quantitative estimate of drug-likeness (QED) is 0.921. The Morgan fingerprint density at radius 1 is 1.20 bits per heavy atom. The van der Waals surface area contributed by atoms with Crippen LogP contribution in [-0.4, -0.2) is 20.8 Å². The van der Waals surface area contributed by atoms with Crippen LogP contribution in [0.1, 0.15) is 18.5 Å². The van der Waals surface area contributed by atoms with Crippen molar-refractivity contribution in [2.75, 3.05) is 7.11 Å². The molecule has 0 amide bonds. The Morgan fingerprint density at radius 2 is 1.85 bits per heavy atom. The molecule has 2 rings (SSSR count). The first kappa shape index (κ1) is 15.0. The highest BCUT2D eigenvalue weighted by Gasteiger charge is 2.30. The monoisotopic (exact) mass is 311 g/mol. The highest BCUT2D eigenvalue weighted by molar-refractivity contribution is 7.94. The van der Waals surface area contributed by atoms with Gasteiger partial charge in [0.15, 0.2) is 9.84 Å². The normalized spacial score (nSPS) is 14.8. The van der Waals surface area contributed by atoms with Crippen LogP contribution in [0.2, 0.25) is 0 Å². The summed E-state index contributed by atoms with van der Waals surface area (Å²) in [5, 5.41) is 1.06. The van der Waals surface area contributed by atoms with Crippen molar-refractivity contribution in [3.05, 3.63) is 47.3 Å². The molecule has 1 aromatic heterocycles. The average molecular weight is 311 g/mol. The predicted octanol–water partition coefficient (Wildman–Crippen LogP) is 2.62. The molecule has 2 unspecified atom stereocenters. The summed E-state index contributed by atoms with van der Waals surface area (Å²) >= 11 is 1.21. The third-order valence-corrected chi connectivity index (χ3v) is 6.89. The smallest absolute Gasteiger partial charge is 0.192 e. The van der Waals surface area contributed by atoms with Crippen LogP contribution in [0.4, 0.5) is 0 Å². The lowest BCUT2D eigenvalue weighted by Crippen LogP contribution is -2.30. The van der Waals surface area contributed by atoms with Gasteiger partial charge in [-0.2, -0.15) is 0 Å². The van der Waals surface area contributed by atoms with Crippen LogP contribution >= 0.6 is 11.3 Å². The fraction of sp³-hybridized carbons (Fsp3) is 0.286. The van der Waals surface area contributed by atoms with E-state index in [4.69, 9.17) is 10.5 Å². The van der Waals surface area contributed by atoms with Gasteiger partial charge in [0.05, 0.1) is 12.4 Å². The molecule has 0 saturated carbocycles. The van der Waals surface area contributed by atoms with Crippen molar-refractivity contribution in [2.24, 2.45) is 5.73 Å². The van der Waals surface area contributed by atoms with E-state index in [2.05, 4.69) is 0 Å². The highest BCUT2D eigenvalue weighted by Crippen LogP contribution is 2.28. The lowest BCUT2D eigenvalue weighted by molar-refractivity contribution is 0.414. The third kappa shape index (κ3) is 2.87. The predicted molar refractivity (Wildman–Crippen MR) is 80.9 cm³/mol. The Labute approximate surface area is 123 Å². The minimum Gasteiger partial charge on any atom is -0.497 e. The van der Waals surface area contributed by atoms with Crippen LogP contribution in [0.25, 0.3) is 0 Å². The van der Waals surface area contributed by atoms with Gasteiger partial charge in [0.25, 0.3) is 0 Å². The second kappa shape index (κ2) is 5.95. The summed E-state index contributed by atoms with van der Waals surface area (Å²) in [5.41, 5.74) is 6.88. The van der Waals surface area contributed by atoms with E-state index in [-0.39, 0.29) is 0 Å². The number of thiophene rings is 1. The molecule has 0 saturated heterocycles. The molecular weight excluding hydrogens is 294 g/mol. The molecule has 20 heavy (non-hydrogen) atoms. The molecule has 0 fully saturated rings. The van der Waals surface area contributed by atoms with E-state index in [0.717, 1.165) is 11.3 Å². The minimum absolute atomic E-state index is 0.356. The molecule has 0 spiro atoms. The molecule has 0 aliphatic carbocycles. The molecule has 2 atom stereocenters. The number of hydrogen-bond donors (Lipinski definition) is 1. The van der Waals surface area contributed by atoms with Gasteiger partial charge in [-0.25, -0.2) is 8.42 Å². The Hall–Kier alpha value is -1.37. The number of benzene rings is 1. The van der Waals surface area contributed by atoms with Crippen molar-refractivity contribution in [3.8, 4) is 5.75 Å². The van der Waals surface area contributed by atoms with E-state index in [0.29, 0.717) is 4.21 Å². The number of nitrogens with two attached hydrogens (primary N) is 1. The average Bonchev–Trinajstić information content (AvgIpc) is 3.00. The fourth-order valence-electron chi connectivity index (χ4n) is 1.90. The van der Waals surface area contributed by atoms with Gasteiger partial charge in [-0.05, 0) is 36.1 Å². The number of methoxy groups -OCH3 is 1. The molecule has 2 N–H and O–H groups in total. The maximum atomic E-state index is 12.4. The van der Waals surface area contributed by atoms with E-state index in [1.54, 1.807) is 55.8 Å². The molecular formula is C14H17NO3S2. The third-order valence-electron chi connectivity index (χ3n) is 3.27. The van der Waals surface area contributed by atoms with Crippen LogP contribution in [0.5, 0.6) is 5.75 Å². The zero-order valence-electron chi connectivity index (χ0n) is 11.3. The zero-order chi connectivity index (χ0) is 14.8. The first-order valence-electron chi connectivity index (χ1n) is 6.13. The van der Waals surface area contributed by atoms with Crippen LogP contribution in [-0.2, 0) is 9.84 Å². The van der Waals surface area contributed by atoms with E-state index >= 15 is 0 Å². The summed E-state index contributed by atoms with van der Waals surface area (Å²) in [7, 11) is -1.81. The number of hydrogen-bond acceptors (Lipinski definition) is 5. The lowest BCUT2D eigenvalue weighted by Gasteiger charge is -2.20. The van der Waals surface area contributed by atoms with Gasteiger partial charge in [-0.15, -0.1) is 11.3 Å². The molecule has 0 aliphatic heterocycles. The van der Waals surface area contributed by atoms with Crippen LogP contribution in [0.3, 0.4) is 0 Å². The molecule has 0 radical (unpaired) electrons. The second-order valence-electron chi connectivity index (χ2n) is 4.48. The van der Waals surface area contributed by atoms with Crippen molar-refractivity contribution in [1.29, 1.82) is 0 Å². The van der Waals surface area contributed by atoms with E-state index in [1.807, 2.05) is 0 Å². The molecule has 6 heteroatoms. The molecule has 2 aromatic rings. The molecule has 1 heterocycles. The van der Waals surface area contributed by atoms with E-state index < -0.39 is 21.1 Å². The maximum Gasteiger partial charge on any atom is 0.192 e. The standard InChI is InChI=1S/C14H17NO3S2/c1-10(20(16,17)13-4-3-9-19-13)14(15)11-5-7-12(18-2)8-6-11/h3-10,14H,15H2,1-2H3. The summed E-state index contributed by atoms with van der Waals surface area (Å²) in [4.78, 5) is 0. The highest BCUT2D eigenvalue weighted by atomic mass is 32.2. The summed E-state index contributed by atoms with van der Waals surface area (Å²) in [6.07, 6.45) is 0. The van der Waals surface area contributed by atoms with Gasteiger partial charge in [-0.1, -0.05) is 18.2 Å². The minimum atomic E-state index is -3.40. The van der Waals surface area contributed by atoms with Gasteiger partial charge in [0.1, 0.15) is 9.96 Å². The van der Waals surface area contributed by atoms with E-state index in [1.165, 1.54) is 11.3 Å². The van der Waals surface area contributed by atoms with Gasteiger partial charge < -0.3 is 10.5 Å². The lowest BCUT2D eigenvalue weighted by atomic mass is 10.1. The number of sulfone groups is 1.